The van der Waals surface area contributed by atoms with Crippen molar-refractivity contribution < 1.29 is 19.8 Å². The molecule has 1 heterocycles. The van der Waals surface area contributed by atoms with Gasteiger partial charge < -0.3 is 20.8 Å². The number of carboxylic acids is 1. The lowest BCUT2D eigenvalue weighted by atomic mass is 9.86. The molecule has 0 aromatic carbocycles. The topological polar surface area (TPSA) is 104 Å². The molecule has 1 amide bonds. The Hall–Kier alpha value is -1.14. The van der Waals surface area contributed by atoms with Crippen molar-refractivity contribution in [3.63, 3.8) is 0 Å². The minimum atomic E-state index is -1.08. The highest BCUT2D eigenvalue weighted by molar-refractivity contribution is 5.88. The number of aliphatic hydroxyl groups excluding tert-OH is 1. The van der Waals surface area contributed by atoms with E-state index in [2.05, 4.69) is 0 Å². The molecule has 6 nitrogen and oxygen atoms in total. The molecule has 3 atom stereocenters. The van der Waals surface area contributed by atoms with Crippen molar-refractivity contribution in [2.75, 3.05) is 13.1 Å². The van der Waals surface area contributed by atoms with E-state index in [9.17, 15) is 14.7 Å². The molecular weight excluding hydrogens is 224 g/mol. The van der Waals surface area contributed by atoms with Crippen molar-refractivity contribution >= 4 is 11.9 Å². The second kappa shape index (κ2) is 5.01. The number of aliphatic hydroxyl groups is 1. The molecule has 4 N–H and O–H groups in total. The minimum Gasteiger partial charge on any atom is -0.480 e. The normalized spacial score (nSPS) is 27.9. The van der Waals surface area contributed by atoms with Crippen LogP contribution in [0, 0.1) is 5.41 Å². The van der Waals surface area contributed by atoms with Crippen LogP contribution in [0.25, 0.3) is 0 Å². The highest BCUT2D eigenvalue weighted by Gasteiger charge is 2.44. The van der Waals surface area contributed by atoms with Crippen molar-refractivity contribution in [1.82, 2.24) is 4.90 Å². The van der Waals surface area contributed by atoms with Crippen molar-refractivity contribution in [3.8, 4) is 0 Å². The van der Waals surface area contributed by atoms with Gasteiger partial charge in [-0.2, -0.15) is 0 Å². The molecule has 17 heavy (non-hydrogen) atoms. The second-order valence-corrected chi connectivity index (χ2v) is 4.82. The Morgan fingerprint density at radius 3 is 2.53 bits per heavy atom. The summed E-state index contributed by atoms with van der Waals surface area (Å²) in [7, 11) is 0. The third-order valence-corrected chi connectivity index (χ3v) is 3.57. The number of nitrogens with two attached hydrogens (primary N) is 1. The average molecular weight is 244 g/mol. The summed E-state index contributed by atoms with van der Waals surface area (Å²) >= 11 is 0. The van der Waals surface area contributed by atoms with Gasteiger partial charge in [-0.05, 0) is 13.3 Å². The molecule has 1 aliphatic heterocycles. The van der Waals surface area contributed by atoms with Gasteiger partial charge in [0.1, 0.15) is 6.04 Å². The Kier molecular flexibility index (Phi) is 4.11. The number of carbonyl (C=O) groups is 2. The second-order valence-electron chi connectivity index (χ2n) is 4.82. The molecule has 0 saturated carbocycles. The molecule has 1 fully saturated rings. The summed E-state index contributed by atoms with van der Waals surface area (Å²) in [4.78, 5) is 24.5. The summed E-state index contributed by atoms with van der Waals surface area (Å²) < 4.78 is 0. The summed E-state index contributed by atoms with van der Waals surface area (Å²) in [6.45, 7) is 3.80. The van der Waals surface area contributed by atoms with E-state index in [1.807, 2.05) is 6.92 Å². The number of hydrogen-bond acceptors (Lipinski definition) is 4. The molecule has 0 radical (unpaired) electrons. The monoisotopic (exact) mass is 244 g/mol. The number of hydrogen-bond donors (Lipinski definition) is 3. The Labute approximate surface area is 100 Å². The van der Waals surface area contributed by atoms with Gasteiger partial charge >= 0.3 is 5.97 Å². The number of likely N-dealkylation sites (tertiary alicyclic amines) is 1. The maximum Gasteiger partial charge on any atom is 0.326 e. The van der Waals surface area contributed by atoms with Crippen LogP contribution < -0.4 is 5.73 Å². The summed E-state index contributed by atoms with van der Waals surface area (Å²) in [5.41, 5.74) is 4.83. The predicted octanol–water partition coefficient (Wildman–Crippen LogP) is -0.592. The summed E-state index contributed by atoms with van der Waals surface area (Å²) in [5.74, 6) is -1.36. The van der Waals surface area contributed by atoms with E-state index in [4.69, 9.17) is 10.8 Å². The Morgan fingerprint density at radius 1 is 1.53 bits per heavy atom. The van der Waals surface area contributed by atoms with Gasteiger partial charge in [0.2, 0.25) is 5.91 Å². The number of β-amino-alcohol motifs (C(OH)–C–C–N with tert-alkyl or cyclic N) is 1. The first-order chi connectivity index (χ1) is 7.85. The lowest BCUT2D eigenvalue weighted by molar-refractivity contribution is -0.152. The van der Waals surface area contributed by atoms with Gasteiger partial charge in [-0.1, -0.05) is 6.92 Å². The van der Waals surface area contributed by atoms with E-state index >= 15 is 0 Å². The highest BCUT2D eigenvalue weighted by atomic mass is 16.4. The summed E-state index contributed by atoms with van der Waals surface area (Å²) in [6, 6.07) is -0.935. The van der Waals surface area contributed by atoms with Crippen LogP contribution in [0.15, 0.2) is 0 Å². The third-order valence-electron chi connectivity index (χ3n) is 3.57. The van der Waals surface area contributed by atoms with Crippen LogP contribution in [0.4, 0.5) is 0 Å². The van der Waals surface area contributed by atoms with Crippen LogP contribution in [0.2, 0.25) is 0 Å². The fourth-order valence-corrected chi connectivity index (χ4v) is 2.00. The van der Waals surface area contributed by atoms with Gasteiger partial charge in [-0.3, -0.25) is 4.79 Å². The van der Waals surface area contributed by atoms with Crippen LogP contribution in [0.1, 0.15) is 26.7 Å². The van der Waals surface area contributed by atoms with E-state index < -0.39 is 23.5 Å². The zero-order valence-electron chi connectivity index (χ0n) is 10.2. The molecule has 1 rings (SSSR count). The molecule has 98 valence electrons. The lowest BCUT2D eigenvalue weighted by Gasteiger charge is -2.32. The van der Waals surface area contributed by atoms with Gasteiger partial charge in [0.05, 0.1) is 11.5 Å². The van der Waals surface area contributed by atoms with Crippen LogP contribution in [0.5, 0.6) is 0 Å². The number of rotatable bonds is 4. The van der Waals surface area contributed by atoms with Crippen molar-refractivity contribution in [1.29, 1.82) is 0 Å². The largest absolute Gasteiger partial charge is 0.480 e. The molecule has 3 unspecified atom stereocenters. The molecule has 0 aromatic rings. The van der Waals surface area contributed by atoms with Gasteiger partial charge in [-0.15, -0.1) is 0 Å². The maximum absolute atomic E-state index is 12.3. The number of carbonyl (C=O) groups excluding carboxylic acids is 1. The van der Waals surface area contributed by atoms with E-state index in [-0.39, 0.29) is 25.4 Å². The molecular formula is C11H20N2O4. The quantitative estimate of drug-likeness (QED) is 0.613. The molecule has 0 aromatic heterocycles. The number of nitrogens with zero attached hydrogens (tertiary/aromatic N) is 1. The van der Waals surface area contributed by atoms with Gasteiger partial charge in [-0.25, -0.2) is 4.79 Å². The third kappa shape index (κ3) is 2.58. The number of amides is 1. The molecule has 6 heteroatoms. The fraction of sp³-hybridized carbons (Fsp3) is 0.818. The standard InChI is InChI=1S/C11H20N2O4/c1-3-11(2,6-12)10(17)13-5-7(14)4-8(13)9(15)16/h7-8,14H,3-6,12H2,1-2H3,(H,15,16). The van der Waals surface area contributed by atoms with Gasteiger partial charge in [0.25, 0.3) is 0 Å². The first-order valence-electron chi connectivity index (χ1n) is 5.77. The zero-order valence-corrected chi connectivity index (χ0v) is 10.2. The Balaban J connectivity index is 2.91. The van der Waals surface area contributed by atoms with Gasteiger partial charge in [0, 0.05) is 19.5 Å². The Bertz CT molecular complexity index is 315. The van der Waals surface area contributed by atoms with Crippen molar-refractivity contribution in [2.24, 2.45) is 11.1 Å². The molecule has 0 spiro atoms. The number of aliphatic carboxylic acids is 1. The van der Waals surface area contributed by atoms with Crippen LogP contribution in [-0.4, -0.2) is 52.2 Å². The minimum absolute atomic E-state index is 0.0748. The van der Waals surface area contributed by atoms with Crippen LogP contribution in [-0.2, 0) is 9.59 Å². The van der Waals surface area contributed by atoms with Crippen molar-refractivity contribution in [2.45, 2.75) is 38.8 Å². The Morgan fingerprint density at radius 2 is 2.12 bits per heavy atom. The molecule has 1 aliphatic rings. The van der Waals surface area contributed by atoms with Crippen molar-refractivity contribution in [3.05, 3.63) is 0 Å². The highest BCUT2D eigenvalue weighted by Crippen LogP contribution is 2.28. The molecule has 0 aliphatic carbocycles. The maximum atomic E-state index is 12.3. The van der Waals surface area contributed by atoms with Gasteiger partial charge in [0.15, 0.2) is 0 Å². The first-order valence-corrected chi connectivity index (χ1v) is 5.77. The van der Waals surface area contributed by atoms with Crippen LogP contribution in [0.3, 0.4) is 0 Å². The van der Waals surface area contributed by atoms with E-state index in [1.54, 1.807) is 6.92 Å². The lowest BCUT2D eigenvalue weighted by Crippen LogP contribution is -2.50. The SMILES string of the molecule is CCC(C)(CN)C(=O)N1CC(O)CC1C(=O)O. The number of carboxylic acid groups (broad SMARTS) is 1. The molecule has 0 bridgehead atoms. The summed E-state index contributed by atoms with van der Waals surface area (Å²) in [5, 5.41) is 18.5. The van der Waals surface area contributed by atoms with E-state index in [0.717, 1.165) is 0 Å². The predicted molar refractivity (Wildman–Crippen MR) is 61.2 cm³/mol. The first kappa shape index (κ1) is 13.9. The molecule has 1 saturated heterocycles. The smallest absolute Gasteiger partial charge is 0.326 e. The fourth-order valence-electron chi connectivity index (χ4n) is 2.00. The van der Waals surface area contributed by atoms with Crippen LogP contribution >= 0.6 is 0 Å². The zero-order chi connectivity index (χ0) is 13.2. The van der Waals surface area contributed by atoms with E-state index in [0.29, 0.717) is 6.42 Å². The average Bonchev–Trinajstić information content (AvgIpc) is 2.69. The summed E-state index contributed by atoms with van der Waals surface area (Å²) in [6.07, 6.45) is -0.133. The van der Waals surface area contributed by atoms with E-state index in [1.165, 1.54) is 4.90 Å².